The second-order valence-corrected chi connectivity index (χ2v) is 10.4. The summed E-state index contributed by atoms with van der Waals surface area (Å²) in [6.45, 7) is 6.06. The molecule has 144 valence electrons. The second kappa shape index (κ2) is 6.76. The molecule has 6 nitrogen and oxygen atoms in total. The van der Waals surface area contributed by atoms with E-state index in [9.17, 15) is 13.2 Å². The number of hydrogen-bond donors (Lipinski definition) is 1. The van der Waals surface area contributed by atoms with Gasteiger partial charge in [-0.2, -0.15) is 0 Å². The Hall–Kier alpha value is -1.76. The minimum atomic E-state index is -2.94. The van der Waals surface area contributed by atoms with Crippen LogP contribution in [0.1, 0.15) is 50.3 Å². The van der Waals surface area contributed by atoms with Gasteiger partial charge in [-0.25, -0.2) is 13.2 Å². The number of aryl methyl sites for hydroxylation is 1. The number of carbonyl (C=O) groups is 1. The van der Waals surface area contributed by atoms with Crippen LogP contribution in [0.2, 0.25) is 0 Å². The lowest BCUT2D eigenvalue weighted by atomic mass is 9.89. The number of benzene rings is 1. The van der Waals surface area contributed by atoms with Crippen molar-refractivity contribution in [2.24, 2.45) is 0 Å². The van der Waals surface area contributed by atoms with Crippen molar-refractivity contribution in [2.75, 3.05) is 18.6 Å². The molecule has 2 heterocycles. The number of hydrogen-bond acceptors (Lipinski definition) is 4. The lowest BCUT2D eigenvalue weighted by Crippen LogP contribution is -2.49. The molecule has 1 aromatic rings. The Morgan fingerprint density at radius 2 is 1.92 bits per heavy atom. The standard InChI is InChI=1S/C19H28N2O4S/c1-13-5-6-17-15(11-13)16(12-19(2,3)25-17)20-18(22)21(4)14-7-9-26(23,24)10-8-14/h5-6,11,14,16H,7-10,12H2,1-4H3,(H,20,22)/t16-/m1/s1. The Kier molecular flexibility index (Phi) is 4.94. The lowest BCUT2D eigenvalue weighted by molar-refractivity contribution is 0.0661. The zero-order chi connectivity index (χ0) is 19.1. The fourth-order valence-electron chi connectivity index (χ4n) is 3.78. The first-order valence-corrected chi connectivity index (χ1v) is 10.9. The highest BCUT2D eigenvalue weighted by Gasteiger charge is 2.36. The van der Waals surface area contributed by atoms with Crippen molar-refractivity contribution in [1.82, 2.24) is 10.2 Å². The van der Waals surface area contributed by atoms with E-state index in [-0.39, 0.29) is 35.2 Å². The topological polar surface area (TPSA) is 75.7 Å². The van der Waals surface area contributed by atoms with Crippen molar-refractivity contribution in [2.45, 2.75) is 57.7 Å². The maximum atomic E-state index is 12.8. The maximum absolute atomic E-state index is 12.8. The fourth-order valence-corrected chi connectivity index (χ4v) is 5.25. The van der Waals surface area contributed by atoms with Crippen LogP contribution < -0.4 is 10.1 Å². The summed E-state index contributed by atoms with van der Waals surface area (Å²) in [6, 6.07) is 5.69. The third-order valence-corrected chi connectivity index (χ3v) is 7.03. The fraction of sp³-hybridized carbons (Fsp3) is 0.632. The first-order chi connectivity index (χ1) is 12.1. The monoisotopic (exact) mass is 380 g/mol. The van der Waals surface area contributed by atoms with Crippen molar-refractivity contribution in [3.63, 3.8) is 0 Å². The van der Waals surface area contributed by atoms with Crippen molar-refractivity contribution in [1.29, 1.82) is 0 Å². The Bertz CT molecular complexity index is 790. The lowest BCUT2D eigenvalue weighted by Gasteiger charge is -2.39. The summed E-state index contributed by atoms with van der Waals surface area (Å²) >= 11 is 0. The van der Waals surface area contributed by atoms with Gasteiger partial charge < -0.3 is 15.0 Å². The van der Waals surface area contributed by atoms with Crippen LogP contribution in [0.4, 0.5) is 4.79 Å². The molecule has 2 aliphatic rings. The summed E-state index contributed by atoms with van der Waals surface area (Å²) < 4.78 is 29.3. The molecule has 1 fully saturated rings. The van der Waals surface area contributed by atoms with Gasteiger partial charge in [0.2, 0.25) is 0 Å². The van der Waals surface area contributed by atoms with Gasteiger partial charge in [-0.3, -0.25) is 0 Å². The van der Waals surface area contributed by atoms with Gasteiger partial charge in [-0.1, -0.05) is 17.7 Å². The molecule has 3 rings (SSSR count). The predicted molar refractivity (Wildman–Crippen MR) is 101 cm³/mol. The summed E-state index contributed by atoms with van der Waals surface area (Å²) in [6.07, 6.45) is 1.69. The van der Waals surface area contributed by atoms with E-state index >= 15 is 0 Å². The molecule has 0 bridgehead atoms. The molecule has 2 amide bonds. The molecule has 1 saturated heterocycles. The number of fused-ring (bicyclic) bond motifs is 1. The third-order valence-electron chi connectivity index (χ3n) is 5.31. The molecular formula is C19H28N2O4S. The summed E-state index contributed by atoms with van der Waals surface area (Å²) in [5.41, 5.74) is 1.76. The summed E-state index contributed by atoms with van der Waals surface area (Å²) in [7, 11) is -1.19. The van der Waals surface area contributed by atoms with Gasteiger partial charge in [0.25, 0.3) is 0 Å². The van der Waals surface area contributed by atoms with Gasteiger partial charge in [-0.05, 0) is 39.7 Å². The van der Waals surface area contributed by atoms with E-state index in [1.807, 2.05) is 32.9 Å². The molecule has 1 aromatic carbocycles. The quantitative estimate of drug-likeness (QED) is 0.856. The van der Waals surface area contributed by atoms with Gasteiger partial charge in [0.05, 0.1) is 17.5 Å². The average molecular weight is 381 g/mol. The highest BCUT2D eigenvalue weighted by atomic mass is 32.2. The number of urea groups is 1. The molecule has 2 aliphatic heterocycles. The molecule has 0 aliphatic carbocycles. The predicted octanol–water partition coefficient (Wildman–Crippen LogP) is 2.82. The van der Waals surface area contributed by atoms with Crippen LogP contribution in [-0.2, 0) is 9.84 Å². The Balaban J connectivity index is 1.73. The molecule has 7 heteroatoms. The van der Waals surface area contributed by atoms with E-state index in [0.29, 0.717) is 19.3 Å². The SMILES string of the molecule is Cc1ccc2c(c1)[C@H](NC(=O)N(C)C1CCS(=O)(=O)CC1)CC(C)(C)O2. The van der Waals surface area contributed by atoms with Gasteiger partial charge >= 0.3 is 6.03 Å². The second-order valence-electron chi connectivity index (χ2n) is 8.10. The van der Waals surface area contributed by atoms with Gasteiger partial charge in [0, 0.05) is 25.1 Å². The Morgan fingerprint density at radius 1 is 1.27 bits per heavy atom. The van der Waals surface area contributed by atoms with E-state index in [0.717, 1.165) is 16.9 Å². The van der Waals surface area contributed by atoms with Crippen molar-refractivity contribution in [3.05, 3.63) is 29.3 Å². The number of sulfone groups is 1. The van der Waals surface area contributed by atoms with Crippen LogP contribution in [0.3, 0.4) is 0 Å². The average Bonchev–Trinajstić information content (AvgIpc) is 2.54. The summed E-state index contributed by atoms with van der Waals surface area (Å²) in [4.78, 5) is 14.5. The van der Waals surface area contributed by atoms with Gasteiger partial charge in [-0.15, -0.1) is 0 Å². The number of nitrogens with one attached hydrogen (secondary N) is 1. The third kappa shape index (κ3) is 4.14. The smallest absolute Gasteiger partial charge is 0.317 e. The molecule has 0 unspecified atom stereocenters. The highest BCUT2D eigenvalue weighted by molar-refractivity contribution is 7.91. The summed E-state index contributed by atoms with van der Waals surface area (Å²) in [5.74, 6) is 1.12. The molecule has 0 aromatic heterocycles. The van der Waals surface area contributed by atoms with E-state index in [2.05, 4.69) is 11.4 Å². The highest BCUT2D eigenvalue weighted by Crippen LogP contribution is 2.40. The molecule has 0 spiro atoms. The largest absolute Gasteiger partial charge is 0.487 e. The first-order valence-electron chi connectivity index (χ1n) is 9.10. The zero-order valence-corrected chi connectivity index (χ0v) is 16.7. The Labute approximate surface area is 155 Å². The number of carbonyl (C=O) groups excluding carboxylic acids is 1. The molecular weight excluding hydrogens is 352 g/mol. The molecule has 26 heavy (non-hydrogen) atoms. The molecule has 0 saturated carbocycles. The molecule has 1 atom stereocenters. The minimum Gasteiger partial charge on any atom is -0.487 e. The van der Waals surface area contributed by atoms with Crippen LogP contribution >= 0.6 is 0 Å². The van der Waals surface area contributed by atoms with E-state index < -0.39 is 9.84 Å². The van der Waals surface area contributed by atoms with Crippen molar-refractivity contribution in [3.8, 4) is 5.75 Å². The maximum Gasteiger partial charge on any atom is 0.317 e. The van der Waals surface area contributed by atoms with Crippen LogP contribution in [0, 0.1) is 6.92 Å². The van der Waals surface area contributed by atoms with Gasteiger partial charge in [0.1, 0.15) is 21.2 Å². The van der Waals surface area contributed by atoms with E-state index in [1.54, 1.807) is 11.9 Å². The van der Waals surface area contributed by atoms with Crippen LogP contribution in [0.5, 0.6) is 5.75 Å². The van der Waals surface area contributed by atoms with Crippen LogP contribution in [-0.4, -0.2) is 49.5 Å². The van der Waals surface area contributed by atoms with Crippen molar-refractivity contribution >= 4 is 15.9 Å². The van der Waals surface area contributed by atoms with Gasteiger partial charge in [0.15, 0.2) is 0 Å². The van der Waals surface area contributed by atoms with Crippen molar-refractivity contribution < 1.29 is 17.9 Å². The number of nitrogens with zero attached hydrogens (tertiary/aromatic N) is 1. The zero-order valence-electron chi connectivity index (χ0n) is 15.9. The van der Waals surface area contributed by atoms with Crippen LogP contribution in [0.25, 0.3) is 0 Å². The van der Waals surface area contributed by atoms with E-state index in [1.165, 1.54) is 0 Å². The first kappa shape index (κ1) is 19.0. The molecule has 0 radical (unpaired) electrons. The summed E-state index contributed by atoms with van der Waals surface area (Å²) in [5, 5.41) is 3.13. The normalized spacial score (nSPS) is 24.2. The van der Waals surface area contributed by atoms with E-state index in [4.69, 9.17) is 4.74 Å². The number of amides is 2. The number of ether oxygens (including phenoxy) is 1. The Morgan fingerprint density at radius 3 is 2.58 bits per heavy atom. The minimum absolute atomic E-state index is 0.0386. The number of rotatable bonds is 2. The van der Waals surface area contributed by atoms with Crippen LogP contribution in [0.15, 0.2) is 18.2 Å². The molecule has 1 N–H and O–H groups in total.